The lowest BCUT2D eigenvalue weighted by Crippen LogP contribution is -2.55. The fourth-order valence-corrected chi connectivity index (χ4v) is 4.39. The van der Waals surface area contributed by atoms with Crippen molar-refractivity contribution in [2.45, 2.75) is 51.6 Å². The number of carbonyl (C=O) groups is 1. The Hall–Kier alpha value is -2.66. The molecule has 0 spiro atoms. The molecule has 2 saturated heterocycles. The molecule has 2 aliphatic rings. The van der Waals surface area contributed by atoms with Crippen molar-refractivity contribution in [3.63, 3.8) is 0 Å². The zero-order valence-corrected chi connectivity index (χ0v) is 18.3. The number of rotatable bonds is 7. The van der Waals surface area contributed by atoms with E-state index in [4.69, 9.17) is 9.72 Å². The Morgan fingerprint density at radius 1 is 1.33 bits per heavy atom. The number of nitrogens with zero attached hydrogens (tertiary/aromatic N) is 6. The fraction of sp³-hybridized carbons (Fsp3) is 0.636. The van der Waals surface area contributed by atoms with E-state index in [9.17, 15) is 10.1 Å². The van der Waals surface area contributed by atoms with Crippen LogP contribution in [0.1, 0.15) is 37.4 Å². The molecular weight excluding hydrogens is 380 g/mol. The van der Waals surface area contributed by atoms with Crippen LogP contribution in [0.2, 0.25) is 0 Å². The van der Waals surface area contributed by atoms with Crippen molar-refractivity contribution in [3.05, 3.63) is 23.9 Å². The van der Waals surface area contributed by atoms with Gasteiger partial charge in [0.1, 0.15) is 12.4 Å². The molecule has 0 N–H and O–H groups in total. The van der Waals surface area contributed by atoms with Crippen molar-refractivity contribution in [2.75, 3.05) is 44.7 Å². The van der Waals surface area contributed by atoms with E-state index in [1.165, 1.54) is 12.5 Å². The number of anilines is 1. The van der Waals surface area contributed by atoms with Gasteiger partial charge in [0.2, 0.25) is 5.91 Å². The van der Waals surface area contributed by atoms with E-state index < -0.39 is 0 Å². The number of aryl methyl sites for hydroxylation is 1. The van der Waals surface area contributed by atoms with Gasteiger partial charge in [-0.25, -0.2) is 4.98 Å². The van der Waals surface area contributed by atoms with Crippen LogP contribution in [0.15, 0.2) is 12.7 Å². The van der Waals surface area contributed by atoms with Crippen molar-refractivity contribution in [2.24, 2.45) is 0 Å². The van der Waals surface area contributed by atoms with Crippen molar-refractivity contribution in [3.8, 4) is 12.1 Å². The van der Waals surface area contributed by atoms with Gasteiger partial charge in [-0.05, 0) is 45.9 Å². The molecule has 1 aromatic rings. The van der Waals surface area contributed by atoms with Crippen molar-refractivity contribution in [1.29, 1.82) is 5.26 Å². The smallest absolute Gasteiger partial charge is 0.318 e. The second-order valence-corrected chi connectivity index (χ2v) is 8.03. The third-order valence-corrected chi connectivity index (χ3v) is 6.17. The van der Waals surface area contributed by atoms with Gasteiger partial charge >= 0.3 is 6.01 Å². The SMILES string of the molecule is C=CC(=O)N1CCN(c2nc(OC[C@@H]3CCCN3C)nc(C)c2CC)C[C@@H]1CC#N. The summed E-state index contributed by atoms with van der Waals surface area (Å²) in [6.07, 6.45) is 4.72. The minimum Gasteiger partial charge on any atom is -0.462 e. The first-order valence-electron chi connectivity index (χ1n) is 10.7. The van der Waals surface area contributed by atoms with E-state index in [2.05, 4.69) is 41.4 Å². The minimum atomic E-state index is -0.189. The van der Waals surface area contributed by atoms with Gasteiger partial charge in [0, 0.05) is 36.9 Å². The van der Waals surface area contributed by atoms with Crippen molar-refractivity contribution >= 4 is 11.7 Å². The average molecular weight is 413 g/mol. The minimum absolute atomic E-state index is 0.130. The highest BCUT2D eigenvalue weighted by Gasteiger charge is 2.31. The molecule has 2 atom stereocenters. The molecule has 30 heavy (non-hydrogen) atoms. The summed E-state index contributed by atoms with van der Waals surface area (Å²) in [5.41, 5.74) is 2.00. The summed E-state index contributed by atoms with van der Waals surface area (Å²) in [6.45, 7) is 11.1. The molecule has 2 fully saturated rings. The predicted octanol–water partition coefficient (Wildman–Crippen LogP) is 1.94. The molecular formula is C22H32N6O2. The van der Waals surface area contributed by atoms with Gasteiger partial charge in [0.05, 0.1) is 18.5 Å². The molecule has 1 amide bonds. The maximum atomic E-state index is 12.2. The van der Waals surface area contributed by atoms with E-state index in [0.29, 0.717) is 38.3 Å². The number of likely N-dealkylation sites (N-methyl/N-ethyl adjacent to an activating group) is 1. The van der Waals surface area contributed by atoms with Crippen LogP contribution >= 0.6 is 0 Å². The van der Waals surface area contributed by atoms with Crippen LogP contribution in [-0.4, -0.2) is 77.6 Å². The topological polar surface area (TPSA) is 85.6 Å². The first kappa shape index (κ1) is 22.0. The third kappa shape index (κ3) is 4.73. The molecule has 0 saturated carbocycles. The van der Waals surface area contributed by atoms with E-state index in [1.54, 1.807) is 4.90 Å². The largest absolute Gasteiger partial charge is 0.462 e. The van der Waals surface area contributed by atoms with Crippen LogP contribution < -0.4 is 9.64 Å². The first-order valence-corrected chi connectivity index (χ1v) is 10.7. The maximum Gasteiger partial charge on any atom is 0.318 e. The third-order valence-electron chi connectivity index (χ3n) is 6.17. The molecule has 0 radical (unpaired) electrons. The van der Waals surface area contributed by atoms with Gasteiger partial charge < -0.3 is 19.4 Å². The van der Waals surface area contributed by atoms with Crippen LogP contribution in [0.4, 0.5) is 5.82 Å². The maximum absolute atomic E-state index is 12.2. The Kier molecular flexibility index (Phi) is 7.27. The van der Waals surface area contributed by atoms with Crippen LogP contribution in [-0.2, 0) is 11.2 Å². The fourth-order valence-electron chi connectivity index (χ4n) is 4.39. The number of amides is 1. The molecule has 8 nitrogen and oxygen atoms in total. The molecule has 2 aliphatic heterocycles. The van der Waals surface area contributed by atoms with E-state index in [0.717, 1.165) is 36.5 Å². The molecule has 0 bridgehead atoms. The van der Waals surface area contributed by atoms with Gasteiger partial charge in [-0.2, -0.15) is 10.2 Å². The van der Waals surface area contributed by atoms with Crippen molar-refractivity contribution < 1.29 is 9.53 Å². The lowest BCUT2D eigenvalue weighted by Gasteiger charge is -2.41. The van der Waals surface area contributed by atoms with Gasteiger partial charge in [-0.15, -0.1) is 0 Å². The molecule has 3 rings (SSSR count). The lowest BCUT2D eigenvalue weighted by molar-refractivity contribution is -0.128. The van der Waals surface area contributed by atoms with Crippen LogP contribution in [0.25, 0.3) is 0 Å². The molecule has 8 heteroatoms. The predicted molar refractivity (Wildman–Crippen MR) is 115 cm³/mol. The Balaban J connectivity index is 1.81. The Morgan fingerprint density at radius 2 is 2.13 bits per heavy atom. The normalized spacial score (nSPS) is 22.1. The number of aromatic nitrogens is 2. The summed E-state index contributed by atoms with van der Waals surface area (Å²) in [6, 6.07) is 2.82. The Bertz CT molecular complexity index is 821. The van der Waals surface area contributed by atoms with Crippen LogP contribution in [0.3, 0.4) is 0 Å². The summed E-state index contributed by atoms with van der Waals surface area (Å²) in [4.78, 5) is 27.8. The molecule has 0 aromatic carbocycles. The van der Waals surface area contributed by atoms with E-state index in [-0.39, 0.29) is 18.4 Å². The zero-order valence-electron chi connectivity index (χ0n) is 18.3. The second-order valence-electron chi connectivity index (χ2n) is 8.03. The zero-order chi connectivity index (χ0) is 21.7. The Morgan fingerprint density at radius 3 is 2.77 bits per heavy atom. The molecule has 1 aromatic heterocycles. The number of piperazine rings is 1. The highest BCUT2D eigenvalue weighted by Crippen LogP contribution is 2.27. The van der Waals surface area contributed by atoms with E-state index in [1.807, 2.05) is 6.92 Å². The quantitative estimate of drug-likeness (QED) is 0.633. The molecule has 0 unspecified atom stereocenters. The molecule has 0 aliphatic carbocycles. The highest BCUT2D eigenvalue weighted by atomic mass is 16.5. The van der Waals surface area contributed by atoms with Crippen molar-refractivity contribution in [1.82, 2.24) is 19.8 Å². The summed E-state index contributed by atoms with van der Waals surface area (Å²) >= 11 is 0. The molecule has 162 valence electrons. The first-order chi connectivity index (χ1) is 14.5. The second kappa shape index (κ2) is 9.90. The summed E-state index contributed by atoms with van der Waals surface area (Å²) < 4.78 is 6.00. The summed E-state index contributed by atoms with van der Waals surface area (Å²) in [7, 11) is 2.12. The van der Waals surface area contributed by atoms with Gasteiger partial charge in [0.25, 0.3) is 0 Å². The average Bonchev–Trinajstić information content (AvgIpc) is 3.16. The van der Waals surface area contributed by atoms with Crippen LogP contribution in [0, 0.1) is 18.3 Å². The highest BCUT2D eigenvalue weighted by molar-refractivity contribution is 5.87. The lowest BCUT2D eigenvalue weighted by atomic mass is 10.1. The Labute approximate surface area is 179 Å². The van der Waals surface area contributed by atoms with Gasteiger partial charge in [-0.3, -0.25) is 4.79 Å². The summed E-state index contributed by atoms with van der Waals surface area (Å²) in [5, 5.41) is 9.25. The number of likely N-dealkylation sites (tertiary alicyclic amines) is 1. The number of hydrogen-bond donors (Lipinski definition) is 0. The van der Waals surface area contributed by atoms with Crippen LogP contribution in [0.5, 0.6) is 6.01 Å². The monoisotopic (exact) mass is 412 g/mol. The number of nitriles is 1. The van der Waals surface area contributed by atoms with Gasteiger partial charge in [-0.1, -0.05) is 13.5 Å². The van der Waals surface area contributed by atoms with E-state index >= 15 is 0 Å². The van der Waals surface area contributed by atoms with Gasteiger partial charge in [0.15, 0.2) is 0 Å². The standard InChI is InChI=1S/C22H32N6O2/c1-5-19-16(3)24-22(30-15-18-8-7-11-26(18)4)25-21(19)27-12-13-28(20(29)6-2)17(14-27)9-10-23/h6,17-18H,2,5,7-9,11-15H2,1,3-4H3/t17-,18-/m0/s1. The molecule has 3 heterocycles. The summed E-state index contributed by atoms with van der Waals surface area (Å²) in [5.74, 6) is 0.725. The number of ether oxygens (including phenoxy) is 1. The number of carbonyl (C=O) groups excluding carboxylic acids is 1. The number of hydrogen-bond acceptors (Lipinski definition) is 7.